The summed E-state index contributed by atoms with van der Waals surface area (Å²) in [7, 11) is 0.449. The van der Waals surface area contributed by atoms with Gasteiger partial charge in [0.25, 0.3) is 5.69 Å². The Morgan fingerprint density at radius 3 is 2.57 bits per heavy atom. The molecular weight excluding hydrogens is 298 g/mol. The first-order valence-electron chi connectivity index (χ1n) is 6.18. The number of methoxy groups -OCH3 is 1. The van der Waals surface area contributed by atoms with Crippen LogP contribution >= 0.6 is 0 Å². The highest BCUT2D eigenvalue weighted by atomic mass is 32.2. The first-order valence-corrected chi connectivity index (χ1v) is 7.62. The van der Waals surface area contributed by atoms with Gasteiger partial charge in [-0.1, -0.05) is 0 Å². The van der Waals surface area contributed by atoms with Crippen LogP contribution in [0.1, 0.15) is 6.92 Å². The maximum Gasteiger partial charge on any atom is 0.291 e. The predicted octanol–water partition coefficient (Wildman–Crippen LogP) is 1.29. The molecule has 1 aromatic carbocycles. The van der Waals surface area contributed by atoms with Crippen LogP contribution in [0.3, 0.4) is 0 Å². The monoisotopic (exact) mass is 317 g/mol. The molecule has 0 aromatic heterocycles. The average Bonchev–Trinajstić information content (AvgIpc) is 2.45. The van der Waals surface area contributed by atoms with Crippen LogP contribution in [0.5, 0.6) is 0 Å². The van der Waals surface area contributed by atoms with Gasteiger partial charge in [0.15, 0.2) is 4.90 Å². The smallest absolute Gasteiger partial charge is 0.291 e. The number of hydrogen-bond donors (Lipinski definition) is 1. The summed E-state index contributed by atoms with van der Waals surface area (Å²) in [6.45, 7) is 1.85. The molecule has 0 saturated carbocycles. The first-order chi connectivity index (χ1) is 9.75. The molecule has 8 nitrogen and oxygen atoms in total. The molecule has 0 aliphatic carbocycles. The van der Waals surface area contributed by atoms with E-state index in [2.05, 4.69) is 5.32 Å². The van der Waals surface area contributed by atoms with E-state index in [0.717, 1.165) is 4.31 Å². The number of ether oxygens (including phenoxy) is 1. The Bertz CT molecular complexity index is 617. The molecule has 1 unspecified atom stereocenters. The lowest BCUT2D eigenvalue weighted by molar-refractivity contribution is -0.387. The zero-order chi connectivity index (χ0) is 16.2. The molecule has 0 bridgehead atoms. The molecule has 0 fully saturated rings. The number of nitrogens with zero attached hydrogens (tertiary/aromatic N) is 2. The van der Waals surface area contributed by atoms with Crippen molar-refractivity contribution in [2.45, 2.75) is 17.9 Å². The van der Waals surface area contributed by atoms with E-state index < -0.39 is 26.7 Å². The molecule has 9 heteroatoms. The Balaban J connectivity index is 3.34. The lowest BCUT2D eigenvalue weighted by atomic mass is 10.3. The Hall–Kier alpha value is -1.71. The second-order valence-corrected chi connectivity index (χ2v) is 6.48. The SMILES string of the molecule is CNc1ccc(S(=O)(=O)N(C)C(C)COC)c([N+](=O)[O-])c1. The molecule has 0 radical (unpaired) electrons. The van der Waals surface area contributed by atoms with Crippen molar-refractivity contribution < 1.29 is 18.1 Å². The van der Waals surface area contributed by atoms with Gasteiger partial charge in [-0.2, -0.15) is 4.31 Å². The fourth-order valence-electron chi connectivity index (χ4n) is 1.77. The highest BCUT2D eigenvalue weighted by Gasteiger charge is 2.32. The topological polar surface area (TPSA) is 102 Å². The Morgan fingerprint density at radius 1 is 1.48 bits per heavy atom. The van der Waals surface area contributed by atoms with Crippen molar-refractivity contribution in [2.75, 3.05) is 33.1 Å². The van der Waals surface area contributed by atoms with Crippen LogP contribution in [0, 0.1) is 10.1 Å². The van der Waals surface area contributed by atoms with E-state index in [4.69, 9.17) is 4.74 Å². The standard InChI is InChI=1S/C12H19N3O5S/c1-9(8-20-4)14(3)21(18,19)12-6-5-10(13-2)7-11(12)15(16)17/h5-7,9,13H,8H2,1-4H3. The van der Waals surface area contributed by atoms with Gasteiger partial charge < -0.3 is 10.1 Å². The van der Waals surface area contributed by atoms with Crippen LogP contribution < -0.4 is 5.32 Å². The van der Waals surface area contributed by atoms with Gasteiger partial charge in [-0.05, 0) is 19.1 Å². The largest absolute Gasteiger partial charge is 0.388 e. The fourth-order valence-corrected chi connectivity index (χ4v) is 3.25. The lowest BCUT2D eigenvalue weighted by Crippen LogP contribution is -2.38. The number of hydrogen-bond acceptors (Lipinski definition) is 6. The summed E-state index contributed by atoms with van der Waals surface area (Å²) in [5.74, 6) is 0. The summed E-state index contributed by atoms with van der Waals surface area (Å²) < 4.78 is 31.0. The van der Waals surface area contributed by atoms with Crippen molar-refractivity contribution in [1.82, 2.24) is 4.31 Å². The van der Waals surface area contributed by atoms with Crippen LogP contribution in [-0.4, -0.2) is 51.5 Å². The van der Waals surface area contributed by atoms with Gasteiger partial charge in [0.2, 0.25) is 10.0 Å². The molecule has 1 rings (SSSR count). The first kappa shape index (κ1) is 17.3. The number of rotatable bonds is 7. The van der Waals surface area contributed by atoms with E-state index in [9.17, 15) is 18.5 Å². The van der Waals surface area contributed by atoms with E-state index in [1.807, 2.05) is 0 Å². The molecule has 118 valence electrons. The van der Waals surface area contributed by atoms with Crippen molar-refractivity contribution in [3.63, 3.8) is 0 Å². The van der Waals surface area contributed by atoms with Gasteiger partial charge in [0.1, 0.15) is 0 Å². The number of sulfonamides is 1. The summed E-state index contributed by atoms with van der Waals surface area (Å²) in [5, 5.41) is 13.9. The summed E-state index contributed by atoms with van der Waals surface area (Å²) in [6, 6.07) is 3.47. The highest BCUT2D eigenvalue weighted by Crippen LogP contribution is 2.29. The number of nitro groups is 1. The molecule has 0 amide bonds. The highest BCUT2D eigenvalue weighted by molar-refractivity contribution is 7.89. The molecule has 1 N–H and O–H groups in total. The Labute approximate surface area is 123 Å². The molecule has 0 heterocycles. The molecular formula is C12H19N3O5S. The zero-order valence-corrected chi connectivity index (χ0v) is 13.2. The molecule has 1 aromatic rings. The van der Waals surface area contributed by atoms with E-state index >= 15 is 0 Å². The van der Waals surface area contributed by atoms with Gasteiger partial charge in [0.05, 0.1) is 11.5 Å². The molecule has 0 saturated heterocycles. The maximum atomic E-state index is 12.5. The van der Waals surface area contributed by atoms with Gasteiger partial charge in [0, 0.05) is 39.0 Å². The normalized spacial score (nSPS) is 13.2. The third-order valence-corrected chi connectivity index (χ3v) is 5.15. The number of benzene rings is 1. The number of anilines is 1. The predicted molar refractivity (Wildman–Crippen MR) is 78.9 cm³/mol. The molecule has 0 spiro atoms. The van der Waals surface area contributed by atoms with Crippen molar-refractivity contribution in [2.24, 2.45) is 0 Å². The molecule has 21 heavy (non-hydrogen) atoms. The van der Waals surface area contributed by atoms with Crippen LogP contribution in [-0.2, 0) is 14.8 Å². The van der Waals surface area contributed by atoms with Gasteiger partial charge >= 0.3 is 0 Å². The second-order valence-electron chi connectivity index (χ2n) is 4.52. The van der Waals surface area contributed by atoms with E-state index in [1.54, 1.807) is 14.0 Å². The summed E-state index contributed by atoms with van der Waals surface area (Å²) >= 11 is 0. The van der Waals surface area contributed by atoms with Gasteiger partial charge in [-0.3, -0.25) is 10.1 Å². The molecule has 1 atom stereocenters. The van der Waals surface area contributed by atoms with Crippen molar-refractivity contribution in [3.8, 4) is 0 Å². The van der Waals surface area contributed by atoms with Crippen molar-refractivity contribution >= 4 is 21.4 Å². The molecule has 0 aliphatic rings. The number of nitro benzene ring substituents is 1. The van der Waals surface area contributed by atoms with Gasteiger partial charge in [-0.25, -0.2) is 8.42 Å². The van der Waals surface area contributed by atoms with E-state index in [0.29, 0.717) is 5.69 Å². The van der Waals surface area contributed by atoms with Gasteiger partial charge in [-0.15, -0.1) is 0 Å². The minimum atomic E-state index is -3.98. The number of nitrogens with one attached hydrogen (secondary N) is 1. The van der Waals surface area contributed by atoms with Crippen molar-refractivity contribution in [1.29, 1.82) is 0 Å². The summed E-state index contributed by atoms with van der Waals surface area (Å²) in [6.07, 6.45) is 0. The minimum absolute atomic E-state index is 0.193. The Kier molecular flexibility index (Phi) is 5.64. The average molecular weight is 317 g/mol. The summed E-state index contributed by atoms with van der Waals surface area (Å²) in [4.78, 5) is 10.1. The molecule has 0 aliphatic heterocycles. The maximum absolute atomic E-state index is 12.5. The third-order valence-electron chi connectivity index (χ3n) is 3.13. The van der Waals surface area contributed by atoms with Crippen LogP contribution in [0.15, 0.2) is 23.1 Å². The third kappa shape index (κ3) is 3.69. The van der Waals surface area contributed by atoms with Crippen LogP contribution in [0.2, 0.25) is 0 Å². The Morgan fingerprint density at radius 2 is 2.10 bits per heavy atom. The van der Waals surface area contributed by atoms with Crippen molar-refractivity contribution in [3.05, 3.63) is 28.3 Å². The fraction of sp³-hybridized carbons (Fsp3) is 0.500. The van der Waals surface area contributed by atoms with E-state index in [-0.39, 0.29) is 11.5 Å². The second kappa shape index (κ2) is 6.83. The van der Waals surface area contributed by atoms with Crippen LogP contribution in [0.4, 0.5) is 11.4 Å². The quantitative estimate of drug-likeness (QED) is 0.600. The number of likely N-dealkylation sites (N-methyl/N-ethyl adjacent to an activating group) is 1. The van der Waals surface area contributed by atoms with E-state index in [1.165, 1.54) is 32.4 Å². The lowest BCUT2D eigenvalue weighted by Gasteiger charge is -2.23. The zero-order valence-electron chi connectivity index (χ0n) is 12.4. The minimum Gasteiger partial charge on any atom is -0.388 e. The summed E-state index contributed by atoms with van der Waals surface area (Å²) in [5.41, 5.74) is 0.00607. The van der Waals surface area contributed by atoms with Crippen LogP contribution in [0.25, 0.3) is 0 Å².